The standard InChI is InChI=1S/C28H23BrN2O2S/c29-25-13-4-3-10-23(25)28-22-12-6-11-21(22)24-17-19(15-16-26(24)30-28)34(32,33)31-27-14-5-8-18-7-1-2-9-20(18)27/h1-11,13-17,21-22,28,30-31H,12H2/t21-,22+,28+/m0/s1. The van der Waals surface area contributed by atoms with Gasteiger partial charge in [-0.3, -0.25) is 4.72 Å². The smallest absolute Gasteiger partial charge is 0.261 e. The summed E-state index contributed by atoms with van der Waals surface area (Å²) in [6, 6.07) is 27.3. The number of halogens is 1. The predicted octanol–water partition coefficient (Wildman–Crippen LogP) is 7.23. The molecular weight excluding hydrogens is 508 g/mol. The zero-order valence-corrected chi connectivity index (χ0v) is 20.7. The summed E-state index contributed by atoms with van der Waals surface area (Å²) >= 11 is 3.71. The first-order valence-corrected chi connectivity index (χ1v) is 13.6. The molecule has 1 aliphatic heterocycles. The van der Waals surface area contributed by atoms with Crippen LogP contribution in [0.25, 0.3) is 10.8 Å². The summed E-state index contributed by atoms with van der Waals surface area (Å²) in [6.45, 7) is 0. The molecule has 1 aliphatic carbocycles. The van der Waals surface area contributed by atoms with Crippen molar-refractivity contribution in [3.63, 3.8) is 0 Å². The second kappa shape index (κ2) is 8.29. The molecule has 0 amide bonds. The zero-order valence-electron chi connectivity index (χ0n) is 18.3. The normalized spacial score (nSPS) is 21.0. The van der Waals surface area contributed by atoms with Crippen LogP contribution >= 0.6 is 15.9 Å². The molecule has 3 atom stereocenters. The van der Waals surface area contributed by atoms with Crippen molar-refractivity contribution >= 4 is 48.1 Å². The minimum atomic E-state index is -3.75. The fourth-order valence-electron chi connectivity index (χ4n) is 5.29. The Hall–Kier alpha value is -3.09. The molecule has 0 unspecified atom stereocenters. The Labute approximate surface area is 207 Å². The molecule has 6 rings (SSSR count). The number of hydrogen-bond acceptors (Lipinski definition) is 3. The molecule has 4 aromatic rings. The Balaban J connectivity index is 1.37. The third-order valence-electron chi connectivity index (χ3n) is 6.92. The lowest BCUT2D eigenvalue weighted by Gasteiger charge is -2.38. The molecular formula is C28H23BrN2O2S. The van der Waals surface area contributed by atoms with E-state index in [9.17, 15) is 8.42 Å². The number of benzene rings is 4. The highest BCUT2D eigenvalue weighted by molar-refractivity contribution is 9.10. The Kier molecular flexibility index (Phi) is 5.23. The van der Waals surface area contributed by atoms with Crippen molar-refractivity contribution in [3.8, 4) is 0 Å². The summed E-state index contributed by atoms with van der Waals surface area (Å²) in [5.41, 5.74) is 3.82. The number of hydrogen-bond donors (Lipinski definition) is 2. The van der Waals surface area contributed by atoms with Crippen LogP contribution in [0.3, 0.4) is 0 Å². The van der Waals surface area contributed by atoms with E-state index in [2.05, 4.69) is 56.3 Å². The van der Waals surface area contributed by atoms with Gasteiger partial charge in [0.25, 0.3) is 10.0 Å². The van der Waals surface area contributed by atoms with Gasteiger partial charge in [-0.2, -0.15) is 0 Å². The van der Waals surface area contributed by atoms with E-state index < -0.39 is 10.0 Å². The van der Waals surface area contributed by atoms with E-state index in [-0.39, 0.29) is 16.9 Å². The van der Waals surface area contributed by atoms with E-state index >= 15 is 0 Å². The number of anilines is 2. The van der Waals surface area contributed by atoms with Crippen molar-refractivity contribution in [1.29, 1.82) is 0 Å². The number of fused-ring (bicyclic) bond motifs is 4. The van der Waals surface area contributed by atoms with Crippen LogP contribution in [0.15, 0.2) is 106 Å². The summed E-state index contributed by atoms with van der Waals surface area (Å²) in [5, 5.41) is 5.57. The largest absolute Gasteiger partial charge is 0.378 e. The van der Waals surface area contributed by atoms with Crippen molar-refractivity contribution < 1.29 is 8.42 Å². The van der Waals surface area contributed by atoms with E-state index in [0.717, 1.165) is 32.9 Å². The Morgan fingerprint density at radius 1 is 0.882 bits per heavy atom. The first kappa shape index (κ1) is 21.4. The third-order valence-corrected chi connectivity index (χ3v) is 9.00. The molecule has 0 aromatic heterocycles. The number of rotatable bonds is 4. The van der Waals surface area contributed by atoms with Crippen molar-refractivity contribution in [3.05, 3.63) is 113 Å². The van der Waals surface area contributed by atoms with Crippen molar-refractivity contribution in [1.82, 2.24) is 0 Å². The van der Waals surface area contributed by atoms with Gasteiger partial charge in [-0.1, -0.05) is 82.7 Å². The van der Waals surface area contributed by atoms with Crippen LogP contribution in [0.5, 0.6) is 0 Å². The minimum Gasteiger partial charge on any atom is -0.378 e. The maximum atomic E-state index is 13.4. The number of sulfonamides is 1. The lowest BCUT2D eigenvalue weighted by atomic mass is 9.77. The van der Waals surface area contributed by atoms with Gasteiger partial charge >= 0.3 is 0 Å². The van der Waals surface area contributed by atoms with Gasteiger partial charge < -0.3 is 5.32 Å². The Morgan fingerprint density at radius 3 is 2.56 bits per heavy atom. The van der Waals surface area contributed by atoms with Crippen LogP contribution in [0.2, 0.25) is 0 Å². The van der Waals surface area contributed by atoms with Crippen LogP contribution in [0.1, 0.15) is 29.5 Å². The lowest BCUT2D eigenvalue weighted by molar-refractivity contribution is 0.424. The molecule has 34 heavy (non-hydrogen) atoms. The molecule has 4 aromatic carbocycles. The van der Waals surface area contributed by atoms with Crippen LogP contribution in [0, 0.1) is 5.92 Å². The van der Waals surface area contributed by atoms with Gasteiger partial charge in [0.2, 0.25) is 0 Å². The molecule has 2 N–H and O–H groups in total. The van der Waals surface area contributed by atoms with Crippen LogP contribution < -0.4 is 10.0 Å². The molecule has 0 fully saturated rings. The van der Waals surface area contributed by atoms with Crippen molar-refractivity contribution in [2.24, 2.45) is 5.92 Å². The summed E-state index contributed by atoms with van der Waals surface area (Å²) in [6.07, 6.45) is 5.39. The van der Waals surface area contributed by atoms with Crippen LogP contribution in [0.4, 0.5) is 11.4 Å². The van der Waals surface area contributed by atoms with Crippen LogP contribution in [-0.4, -0.2) is 8.42 Å². The minimum absolute atomic E-state index is 0.152. The van der Waals surface area contributed by atoms with Gasteiger partial charge in [-0.15, -0.1) is 0 Å². The van der Waals surface area contributed by atoms with Crippen LogP contribution in [-0.2, 0) is 10.0 Å². The fraction of sp³-hybridized carbons (Fsp3) is 0.143. The third kappa shape index (κ3) is 3.62. The topological polar surface area (TPSA) is 58.2 Å². The van der Waals surface area contributed by atoms with Gasteiger partial charge in [-0.25, -0.2) is 8.42 Å². The van der Waals surface area contributed by atoms with Gasteiger partial charge in [0.1, 0.15) is 0 Å². The molecule has 4 nitrogen and oxygen atoms in total. The molecule has 0 bridgehead atoms. The highest BCUT2D eigenvalue weighted by atomic mass is 79.9. The first-order valence-electron chi connectivity index (χ1n) is 11.3. The second-order valence-corrected chi connectivity index (χ2v) is 11.4. The second-order valence-electron chi connectivity index (χ2n) is 8.88. The van der Waals surface area contributed by atoms with Gasteiger partial charge in [0.15, 0.2) is 0 Å². The summed E-state index contributed by atoms with van der Waals surface area (Å²) in [5.74, 6) is 0.497. The number of allylic oxidation sites excluding steroid dienone is 2. The highest BCUT2D eigenvalue weighted by Crippen LogP contribution is 2.51. The van der Waals surface area contributed by atoms with Crippen molar-refractivity contribution in [2.75, 3.05) is 10.0 Å². The molecule has 0 saturated carbocycles. The Morgan fingerprint density at radius 2 is 1.68 bits per heavy atom. The Bertz CT molecular complexity index is 1540. The van der Waals surface area contributed by atoms with Gasteiger partial charge in [0.05, 0.1) is 16.6 Å². The molecule has 0 spiro atoms. The molecule has 0 radical (unpaired) electrons. The maximum Gasteiger partial charge on any atom is 0.261 e. The quantitative estimate of drug-likeness (QED) is 0.273. The zero-order chi connectivity index (χ0) is 23.3. The molecule has 170 valence electrons. The number of nitrogens with one attached hydrogen (secondary N) is 2. The van der Waals surface area contributed by atoms with E-state index in [0.29, 0.717) is 11.6 Å². The lowest BCUT2D eigenvalue weighted by Crippen LogP contribution is -2.29. The van der Waals surface area contributed by atoms with E-state index in [1.165, 1.54) is 5.56 Å². The van der Waals surface area contributed by atoms with E-state index in [1.54, 1.807) is 12.1 Å². The molecule has 6 heteroatoms. The summed E-state index contributed by atoms with van der Waals surface area (Å²) < 4.78 is 30.7. The van der Waals surface area contributed by atoms with Crippen molar-refractivity contribution in [2.45, 2.75) is 23.3 Å². The average molecular weight is 531 g/mol. The van der Waals surface area contributed by atoms with E-state index in [4.69, 9.17) is 0 Å². The fourth-order valence-corrected chi connectivity index (χ4v) is 6.94. The van der Waals surface area contributed by atoms with Gasteiger partial charge in [-0.05, 0) is 59.2 Å². The molecule has 2 aliphatic rings. The predicted molar refractivity (Wildman–Crippen MR) is 142 cm³/mol. The molecule has 0 saturated heterocycles. The first-order chi connectivity index (χ1) is 16.5. The average Bonchev–Trinajstić information content (AvgIpc) is 3.34. The maximum absolute atomic E-state index is 13.4. The summed E-state index contributed by atoms with van der Waals surface area (Å²) in [7, 11) is -3.75. The molecule has 1 heterocycles. The van der Waals surface area contributed by atoms with E-state index in [1.807, 2.05) is 54.6 Å². The summed E-state index contributed by atoms with van der Waals surface area (Å²) in [4.78, 5) is 0.277. The SMILES string of the molecule is O=S(=O)(Nc1cccc2ccccc12)c1ccc2c(c1)[C@H]1C=CC[C@H]1[C@H](c1ccccc1Br)N2. The van der Waals surface area contributed by atoms with Gasteiger partial charge in [0, 0.05) is 21.5 Å². The highest BCUT2D eigenvalue weighted by Gasteiger charge is 2.39. The monoisotopic (exact) mass is 530 g/mol.